The molecule has 0 aliphatic rings. The zero-order valence-electron chi connectivity index (χ0n) is 7.73. The fourth-order valence-corrected chi connectivity index (χ4v) is 1.27. The van der Waals surface area contributed by atoms with Crippen LogP contribution in [-0.2, 0) is 0 Å². The van der Waals surface area contributed by atoms with Crippen LogP contribution in [0.4, 0.5) is 0 Å². The first-order valence-corrected chi connectivity index (χ1v) is 4.27. The molecule has 0 saturated heterocycles. The number of aldehydes is 1. The molecule has 0 bridgehead atoms. The van der Waals surface area contributed by atoms with Crippen molar-refractivity contribution in [3.63, 3.8) is 0 Å². The minimum absolute atomic E-state index is 0.594. The van der Waals surface area contributed by atoms with Crippen LogP contribution < -0.4 is 0 Å². The van der Waals surface area contributed by atoms with Crippen LogP contribution in [0.3, 0.4) is 0 Å². The monoisotopic (exact) mass is 187 g/mol. The summed E-state index contributed by atoms with van der Waals surface area (Å²) >= 11 is 0. The van der Waals surface area contributed by atoms with E-state index in [1.54, 1.807) is 25.4 Å². The van der Waals surface area contributed by atoms with Crippen LogP contribution in [-0.4, -0.2) is 11.3 Å². The van der Waals surface area contributed by atoms with E-state index >= 15 is 0 Å². The molecular formula is C11H9NO2. The molecule has 2 rings (SSSR count). The van der Waals surface area contributed by atoms with Crippen LogP contribution in [0.5, 0.6) is 0 Å². The quantitative estimate of drug-likeness (QED) is 0.678. The minimum Gasteiger partial charge on any atom is -0.461 e. The third-order valence-corrected chi connectivity index (χ3v) is 2.05. The fraction of sp³-hybridized carbons (Fsp3) is 0.0909. The molecule has 2 heterocycles. The Kier molecular flexibility index (Phi) is 2.14. The van der Waals surface area contributed by atoms with Gasteiger partial charge in [-0.3, -0.25) is 9.78 Å². The molecule has 3 heteroatoms. The summed E-state index contributed by atoms with van der Waals surface area (Å²) in [5.41, 5.74) is 1.52. The second-order valence-electron chi connectivity index (χ2n) is 2.98. The maximum atomic E-state index is 10.6. The van der Waals surface area contributed by atoms with Crippen LogP contribution in [0, 0.1) is 6.92 Å². The van der Waals surface area contributed by atoms with Crippen LogP contribution in [0.2, 0.25) is 0 Å². The van der Waals surface area contributed by atoms with E-state index in [9.17, 15) is 4.79 Å². The fourth-order valence-electron chi connectivity index (χ4n) is 1.27. The second-order valence-corrected chi connectivity index (χ2v) is 2.98. The lowest BCUT2D eigenvalue weighted by Gasteiger charge is -1.93. The van der Waals surface area contributed by atoms with Crippen molar-refractivity contribution >= 4 is 6.29 Å². The van der Waals surface area contributed by atoms with Crippen molar-refractivity contribution in [2.24, 2.45) is 0 Å². The van der Waals surface area contributed by atoms with Gasteiger partial charge in [-0.1, -0.05) is 0 Å². The Balaban J connectivity index is 2.48. The first kappa shape index (κ1) is 8.69. The number of nitrogens with zero attached hydrogens (tertiary/aromatic N) is 1. The number of rotatable bonds is 2. The van der Waals surface area contributed by atoms with E-state index < -0.39 is 0 Å². The van der Waals surface area contributed by atoms with Crippen molar-refractivity contribution in [1.82, 2.24) is 4.98 Å². The molecule has 0 aliphatic heterocycles. The predicted octanol–water partition coefficient (Wildman–Crippen LogP) is 2.46. The van der Waals surface area contributed by atoms with Gasteiger partial charge in [0.15, 0.2) is 6.29 Å². The summed E-state index contributed by atoms with van der Waals surface area (Å²) in [5.74, 6) is 1.35. The summed E-state index contributed by atoms with van der Waals surface area (Å²) in [5, 5.41) is 0. The lowest BCUT2D eigenvalue weighted by Crippen LogP contribution is -1.75. The smallest absolute Gasteiger partial charge is 0.153 e. The van der Waals surface area contributed by atoms with Gasteiger partial charge in [-0.2, -0.15) is 0 Å². The van der Waals surface area contributed by atoms with Gasteiger partial charge < -0.3 is 4.42 Å². The highest BCUT2D eigenvalue weighted by molar-refractivity contribution is 5.79. The highest BCUT2D eigenvalue weighted by Gasteiger charge is 2.07. The molecule has 0 amide bonds. The maximum Gasteiger partial charge on any atom is 0.153 e. The van der Waals surface area contributed by atoms with Crippen LogP contribution in [0.25, 0.3) is 11.3 Å². The summed E-state index contributed by atoms with van der Waals surface area (Å²) in [7, 11) is 0. The first-order chi connectivity index (χ1) is 6.81. The van der Waals surface area contributed by atoms with Gasteiger partial charge in [-0.15, -0.1) is 0 Å². The Bertz CT molecular complexity index is 446. The zero-order valence-corrected chi connectivity index (χ0v) is 7.73. The Morgan fingerprint density at radius 1 is 1.36 bits per heavy atom. The molecule has 0 radical (unpaired) electrons. The summed E-state index contributed by atoms with van der Waals surface area (Å²) in [6.07, 6.45) is 4.17. The van der Waals surface area contributed by atoms with Gasteiger partial charge in [0.25, 0.3) is 0 Å². The summed E-state index contributed by atoms with van der Waals surface area (Å²) in [6.45, 7) is 1.77. The summed E-state index contributed by atoms with van der Waals surface area (Å²) < 4.78 is 5.43. The van der Waals surface area contributed by atoms with E-state index in [-0.39, 0.29) is 0 Å². The van der Waals surface area contributed by atoms with Gasteiger partial charge in [-0.05, 0) is 25.1 Å². The lowest BCUT2D eigenvalue weighted by molar-refractivity contribution is 0.112. The molecule has 70 valence electrons. The number of aryl methyl sites for hydroxylation is 1. The minimum atomic E-state index is 0.594. The van der Waals surface area contributed by atoms with Gasteiger partial charge in [0.1, 0.15) is 11.5 Å². The van der Waals surface area contributed by atoms with E-state index in [0.717, 1.165) is 11.8 Å². The zero-order chi connectivity index (χ0) is 9.97. The Morgan fingerprint density at radius 2 is 2.07 bits per heavy atom. The third-order valence-electron chi connectivity index (χ3n) is 2.05. The van der Waals surface area contributed by atoms with E-state index in [1.807, 2.05) is 12.1 Å². The number of hydrogen-bond acceptors (Lipinski definition) is 3. The SMILES string of the molecule is Cc1oc(-c2ccncc2)cc1C=O. The number of carbonyl (C=O) groups excluding carboxylic acids is 1. The van der Waals surface area contributed by atoms with Crippen molar-refractivity contribution in [2.75, 3.05) is 0 Å². The average molecular weight is 187 g/mol. The van der Waals surface area contributed by atoms with Crippen molar-refractivity contribution in [3.05, 3.63) is 41.9 Å². The van der Waals surface area contributed by atoms with Crippen LogP contribution in [0.1, 0.15) is 16.1 Å². The number of furan rings is 1. The summed E-state index contributed by atoms with van der Waals surface area (Å²) in [4.78, 5) is 14.5. The molecule has 0 atom stereocenters. The van der Waals surface area contributed by atoms with E-state index in [2.05, 4.69) is 4.98 Å². The molecule has 0 N–H and O–H groups in total. The van der Waals surface area contributed by atoms with Gasteiger partial charge in [0.05, 0.1) is 5.56 Å². The molecule has 2 aromatic rings. The molecule has 2 aromatic heterocycles. The van der Waals surface area contributed by atoms with E-state index in [1.165, 1.54) is 0 Å². The maximum absolute atomic E-state index is 10.6. The van der Waals surface area contributed by atoms with Crippen molar-refractivity contribution in [3.8, 4) is 11.3 Å². The average Bonchev–Trinajstić information content (AvgIpc) is 2.61. The largest absolute Gasteiger partial charge is 0.461 e. The Hall–Kier alpha value is -1.90. The first-order valence-electron chi connectivity index (χ1n) is 4.27. The number of carbonyl (C=O) groups is 1. The standard InChI is InChI=1S/C11H9NO2/c1-8-10(7-13)6-11(14-8)9-2-4-12-5-3-9/h2-7H,1H3. The molecule has 0 unspecified atom stereocenters. The summed E-state index contributed by atoms with van der Waals surface area (Å²) in [6, 6.07) is 5.41. The highest BCUT2D eigenvalue weighted by atomic mass is 16.3. The number of hydrogen-bond donors (Lipinski definition) is 0. The molecule has 0 spiro atoms. The van der Waals surface area contributed by atoms with Crippen molar-refractivity contribution < 1.29 is 9.21 Å². The van der Waals surface area contributed by atoms with E-state index in [0.29, 0.717) is 17.1 Å². The van der Waals surface area contributed by atoms with Gasteiger partial charge in [-0.25, -0.2) is 0 Å². The molecule has 14 heavy (non-hydrogen) atoms. The van der Waals surface area contributed by atoms with Gasteiger partial charge in [0, 0.05) is 18.0 Å². The number of aromatic nitrogens is 1. The highest BCUT2D eigenvalue weighted by Crippen LogP contribution is 2.23. The Morgan fingerprint density at radius 3 is 2.64 bits per heavy atom. The Labute approximate surface area is 81.4 Å². The molecule has 0 aliphatic carbocycles. The molecular weight excluding hydrogens is 178 g/mol. The lowest BCUT2D eigenvalue weighted by atomic mass is 10.2. The second kappa shape index (κ2) is 3.46. The van der Waals surface area contributed by atoms with Crippen molar-refractivity contribution in [1.29, 1.82) is 0 Å². The van der Waals surface area contributed by atoms with E-state index in [4.69, 9.17) is 4.42 Å². The normalized spacial score (nSPS) is 10.1. The van der Waals surface area contributed by atoms with Crippen LogP contribution in [0.15, 0.2) is 35.0 Å². The number of pyridine rings is 1. The molecule has 0 saturated carbocycles. The van der Waals surface area contributed by atoms with Crippen LogP contribution >= 0.6 is 0 Å². The topological polar surface area (TPSA) is 43.1 Å². The molecule has 0 fully saturated rings. The predicted molar refractivity (Wildman–Crippen MR) is 52.1 cm³/mol. The van der Waals surface area contributed by atoms with Gasteiger partial charge >= 0.3 is 0 Å². The molecule has 0 aromatic carbocycles. The molecule has 3 nitrogen and oxygen atoms in total. The third kappa shape index (κ3) is 1.44. The van der Waals surface area contributed by atoms with Gasteiger partial charge in [0.2, 0.25) is 0 Å². The van der Waals surface area contributed by atoms with Crippen molar-refractivity contribution in [2.45, 2.75) is 6.92 Å².